The van der Waals surface area contributed by atoms with Crippen LogP contribution in [0.25, 0.3) is 0 Å². The first-order chi connectivity index (χ1) is 18.4. The molecule has 3 aromatic carbocycles. The molecule has 39 heavy (non-hydrogen) atoms. The van der Waals surface area contributed by atoms with Gasteiger partial charge in [0, 0.05) is 12.6 Å². The van der Waals surface area contributed by atoms with Crippen LogP contribution in [0.15, 0.2) is 77.7 Å². The number of aryl methyl sites for hydroxylation is 3. The van der Waals surface area contributed by atoms with Crippen LogP contribution in [0.1, 0.15) is 49.4 Å². The van der Waals surface area contributed by atoms with Crippen LogP contribution in [-0.4, -0.2) is 43.8 Å². The van der Waals surface area contributed by atoms with E-state index >= 15 is 0 Å². The molecule has 0 aliphatic carbocycles. The Kier molecular flexibility index (Phi) is 9.92. The number of para-hydroxylation sites is 1. The molecule has 0 saturated carbocycles. The molecule has 7 nitrogen and oxygen atoms in total. The highest BCUT2D eigenvalue weighted by Gasteiger charge is 2.33. The van der Waals surface area contributed by atoms with Crippen molar-refractivity contribution in [3.05, 3.63) is 95.1 Å². The normalized spacial score (nSPS) is 12.9. The molecule has 2 amide bonds. The van der Waals surface area contributed by atoms with Gasteiger partial charge in [-0.2, -0.15) is 0 Å². The van der Waals surface area contributed by atoms with Crippen LogP contribution in [-0.2, 0) is 26.2 Å². The molecule has 0 unspecified atom stereocenters. The molecule has 0 spiro atoms. The summed E-state index contributed by atoms with van der Waals surface area (Å²) in [6.07, 6.45) is 0.750. The van der Waals surface area contributed by atoms with Crippen LogP contribution in [0.5, 0.6) is 0 Å². The molecule has 1 N–H and O–H groups in total. The van der Waals surface area contributed by atoms with E-state index < -0.39 is 28.5 Å². The molecule has 0 bridgehead atoms. The smallest absolute Gasteiger partial charge is 0.264 e. The van der Waals surface area contributed by atoms with E-state index in [9.17, 15) is 18.0 Å². The summed E-state index contributed by atoms with van der Waals surface area (Å²) in [5.41, 5.74) is 3.99. The Morgan fingerprint density at radius 2 is 1.41 bits per heavy atom. The maximum absolute atomic E-state index is 14.0. The van der Waals surface area contributed by atoms with E-state index in [2.05, 4.69) is 5.32 Å². The zero-order valence-electron chi connectivity index (χ0n) is 23.6. The molecule has 3 aromatic rings. The number of carbonyl (C=O) groups is 2. The van der Waals surface area contributed by atoms with Crippen molar-refractivity contribution in [2.45, 2.75) is 71.5 Å². The lowest BCUT2D eigenvalue weighted by atomic mass is 10.1. The molecule has 0 heterocycles. The average molecular weight is 550 g/mol. The summed E-state index contributed by atoms with van der Waals surface area (Å²) in [6, 6.07) is 20.5. The molecule has 0 fully saturated rings. The molecule has 0 aromatic heterocycles. The highest BCUT2D eigenvalue weighted by molar-refractivity contribution is 7.92. The number of hydrogen-bond acceptors (Lipinski definition) is 4. The first-order valence-electron chi connectivity index (χ1n) is 13.2. The number of anilines is 1. The first-order valence-corrected chi connectivity index (χ1v) is 14.7. The van der Waals surface area contributed by atoms with Gasteiger partial charge in [-0.1, -0.05) is 72.6 Å². The molecule has 0 aliphatic rings. The quantitative estimate of drug-likeness (QED) is 0.359. The standard InChI is InChI=1S/C31H39N3O4S/c1-7-25(5)32-31(36)26(6)33(20-27-16-12-22(2)13-17-27)30(35)21-34(29-11-9-8-10-24(29)4)39(37,38)28-18-14-23(3)15-19-28/h8-19,25-26H,7,20-21H2,1-6H3,(H,32,36)/t25-,26+/m1/s1. The Balaban J connectivity index is 2.03. The van der Waals surface area contributed by atoms with Crippen LogP contribution in [0.3, 0.4) is 0 Å². The highest BCUT2D eigenvalue weighted by atomic mass is 32.2. The van der Waals surface area contributed by atoms with E-state index in [-0.39, 0.29) is 23.4 Å². The maximum Gasteiger partial charge on any atom is 0.264 e. The van der Waals surface area contributed by atoms with E-state index in [0.29, 0.717) is 11.3 Å². The first kappa shape index (κ1) is 29.9. The number of amides is 2. The Hall–Kier alpha value is -3.65. The number of nitrogens with zero attached hydrogens (tertiary/aromatic N) is 2. The molecule has 208 valence electrons. The second-order valence-corrected chi connectivity index (χ2v) is 12.0. The van der Waals surface area contributed by atoms with Crippen molar-refractivity contribution in [1.82, 2.24) is 10.2 Å². The predicted molar refractivity (Wildman–Crippen MR) is 156 cm³/mol. The van der Waals surface area contributed by atoms with Crippen molar-refractivity contribution in [2.75, 3.05) is 10.8 Å². The van der Waals surface area contributed by atoms with Gasteiger partial charge < -0.3 is 10.2 Å². The topological polar surface area (TPSA) is 86.8 Å². The predicted octanol–water partition coefficient (Wildman–Crippen LogP) is 5.14. The second-order valence-electron chi connectivity index (χ2n) is 10.1. The summed E-state index contributed by atoms with van der Waals surface area (Å²) in [5, 5.41) is 2.95. The van der Waals surface area contributed by atoms with Gasteiger partial charge in [-0.25, -0.2) is 8.42 Å². The van der Waals surface area contributed by atoms with Gasteiger partial charge in [0.25, 0.3) is 10.0 Å². The lowest BCUT2D eigenvalue weighted by molar-refractivity contribution is -0.139. The zero-order chi connectivity index (χ0) is 28.7. The molecule has 0 saturated heterocycles. The zero-order valence-corrected chi connectivity index (χ0v) is 24.5. The minimum atomic E-state index is -4.08. The van der Waals surface area contributed by atoms with Gasteiger partial charge in [-0.15, -0.1) is 0 Å². The van der Waals surface area contributed by atoms with Gasteiger partial charge >= 0.3 is 0 Å². The maximum atomic E-state index is 14.0. The molecule has 3 rings (SSSR count). The number of rotatable bonds is 11. The number of sulfonamides is 1. The van der Waals surface area contributed by atoms with Crippen molar-refractivity contribution in [1.29, 1.82) is 0 Å². The van der Waals surface area contributed by atoms with E-state index in [4.69, 9.17) is 0 Å². The van der Waals surface area contributed by atoms with Crippen molar-refractivity contribution in [2.24, 2.45) is 0 Å². The fourth-order valence-corrected chi connectivity index (χ4v) is 5.61. The minimum Gasteiger partial charge on any atom is -0.352 e. The third-order valence-electron chi connectivity index (χ3n) is 6.91. The number of carbonyl (C=O) groups excluding carboxylic acids is 2. The summed E-state index contributed by atoms with van der Waals surface area (Å²) in [4.78, 5) is 28.7. The summed E-state index contributed by atoms with van der Waals surface area (Å²) in [5.74, 6) is -0.755. The SMILES string of the molecule is CC[C@@H](C)NC(=O)[C@H](C)N(Cc1ccc(C)cc1)C(=O)CN(c1ccccc1C)S(=O)(=O)c1ccc(C)cc1. The third kappa shape index (κ3) is 7.47. The third-order valence-corrected chi connectivity index (χ3v) is 8.69. The fourth-order valence-electron chi connectivity index (χ4n) is 4.13. The highest BCUT2D eigenvalue weighted by Crippen LogP contribution is 2.27. The molecule has 8 heteroatoms. The fraction of sp³-hybridized carbons (Fsp3) is 0.355. The summed E-state index contributed by atoms with van der Waals surface area (Å²) in [6.45, 7) is 10.9. The van der Waals surface area contributed by atoms with Crippen LogP contribution in [0.4, 0.5) is 5.69 Å². The number of hydrogen-bond donors (Lipinski definition) is 1. The Bertz CT molecular complexity index is 1390. The van der Waals surface area contributed by atoms with Crippen molar-refractivity contribution < 1.29 is 18.0 Å². The monoisotopic (exact) mass is 549 g/mol. The lowest BCUT2D eigenvalue weighted by Gasteiger charge is -2.33. The molecular formula is C31H39N3O4S. The molecule has 0 radical (unpaired) electrons. The van der Waals surface area contributed by atoms with Crippen LogP contribution < -0.4 is 9.62 Å². The van der Waals surface area contributed by atoms with Gasteiger partial charge in [0.05, 0.1) is 10.6 Å². The van der Waals surface area contributed by atoms with Crippen molar-refractivity contribution in [3.8, 4) is 0 Å². The van der Waals surface area contributed by atoms with Gasteiger partial charge in [0.1, 0.15) is 12.6 Å². The van der Waals surface area contributed by atoms with Crippen LogP contribution >= 0.6 is 0 Å². The summed E-state index contributed by atoms with van der Waals surface area (Å²) >= 11 is 0. The second kappa shape index (κ2) is 12.9. The van der Waals surface area contributed by atoms with Gasteiger partial charge in [-0.3, -0.25) is 13.9 Å². The van der Waals surface area contributed by atoms with Crippen LogP contribution in [0, 0.1) is 20.8 Å². The van der Waals surface area contributed by atoms with E-state index in [1.807, 2.05) is 71.0 Å². The molecule has 0 aliphatic heterocycles. The number of nitrogens with one attached hydrogen (secondary N) is 1. The van der Waals surface area contributed by atoms with Crippen LogP contribution in [0.2, 0.25) is 0 Å². The largest absolute Gasteiger partial charge is 0.352 e. The summed E-state index contributed by atoms with van der Waals surface area (Å²) < 4.78 is 29.0. The summed E-state index contributed by atoms with van der Waals surface area (Å²) in [7, 11) is -4.08. The lowest BCUT2D eigenvalue weighted by Crippen LogP contribution is -2.52. The van der Waals surface area contributed by atoms with Crippen molar-refractivity contribution >= 4 is 27.5 Å². The number of benzene rings is 3. The average Bonchev–Trinajstić information content (AvgIpc) is 2.91. The Morgan fingerprint density at radius 3 is 1.97 bits per heavy atom. The Labute approximate surface area is 232 Å². The van der Waals surface area contributed by atoms with Crippen molar-refractivity contribution in [3.63, 3.8) is 0 Å². The van der Waals surface area contributed by atoms with E-state index in [0.717, 1.165) is 27.4 Å². The Morgan fingerprint density at radius 1 is 0.846 bits per heavy atom. The van der Waals surface area contributed by atoms with Gasteiger partial charge in [0.2, 0.25) is 11.8 Å². The molecular weight excluding hydrogens is 510 g/mol. The molecule has 2 atom stereocenters. The minimum absolute atomic E-state index is 0.0540. The van der Waals surface area contributed by atoms with Gasteiger partial charge in [-0.05, 0) is 70.4 Å². The van der Waals surface area contributed by atoms with E-state index in [1.165, 1.54) is 4.90 Å². The van der Waals surface area contributed by atoms with E-state index in [1.54, 1.807) is 43.3 Å². The van der Waals surface area contributed by atoms with Gasteiger partial charge in [0.15, 0.2) is 0 Å².